The second kappa shape index (κ2) is 5.48. The lowest BCUT2D eigenvalue weighted by atomic mass is 10.4. The van der Waals surface area contributed by atoms with Gasteiger partial charge in [0.2, 0.25) is 6.41 Å². The third kappa shape index (κ3) is 3.06. The smallest absolute Gasteiger partial charge is 0.207 e. The molecule has 2 N–H and O–H groups in total. The van der Waals surface area contributed by atoms with Crippen molar-refractivity contribution in [1.29, 1.82) is 5.26 Å². The number of nitrogens with zero attached hydrogens (tertiary/aromatic N) is 3. The van der Waals surface area contributed by atoms with Gasteiger partial charge in [-0.3, -0.25) is 4.79 Å². The van der Waals surface area contributed by atoms with Crippen LogP contribution in [0.25, 0.3) is 0 Å². The number of carbonyl (C=O) groups excluding carboxylic acids is 1. The molecule has 1 aromatic rings. The van der Waals surface area contributed by atoms with E-state index in [9.17, 15) is 4.79 Å². The summed E-state index contributed by atoms with van der Waals surface area (Å²) in [5, 5.41) is 21.3. The highest BCUT2D eigenvalue weighted by Gasteiger charge is 1.94. The molecule has 0 spiro atoms. The molecule has 0 saturated heterocycles. The highest BCUT2D eigenvalue weighted by Crippen LogP contribution is 1.99. The van der Waals surface area contributed by atoms with Gasteiger partial charge in [-0.1, -0.05) is 0 Å². The monoisotopic (exact) mass is 191 g/mol. The van der Waals surface area contributed by atoms with E-state index in [4.69, 9.17) is 5.26 Å². The molecule has 72 valence electrons. The molecule has 0 atom stereocenters. The van der Waals surface area contributed by atoms with Crippen molar-refractivity contribution in [2.45, 2.75) is 0 Å². The molecule has 1 heterocycles. The number of rotatable bonds is 5. The van der Waals surface area contributed by atoms with Gasteiger partial charge >= 0.3 is 0 Å². The maximum atomic E-state index is 9.90. The van der Waals surface area contributed by atoms with Crippen molar-refractivity contribution in [3.8, 4) is 6.07 Å². The van der Waals surface area contributed by atoms with Crippen LogP contribution in [-0.2, 0) is 4.79 Å². The van der Waals surface area contributed by atoms with Crippen LogP contribution >= 0.6 is 0 Å². The summed E-state index contributed by atoms with van der Waals surface area (Å²) < 4.78 is 0. The molecule has 1 rings (SSSR count). The number of nitriles is 1. The Hall–Kier alpha value is -2.16. The molecule has 14 heavy (non-hydrogen) atoms. The third-order valence-electron chi connectivity index (χ3n) is 1.44. The molecule has 0 aliphatic rings. The van der Waals surface area contributed by atoms with Crippen LogP contribution in [-0.4, -0.2) is 29.7 Å². The van der Waals surface area contributed by atoms with Gasteiger partial charge in [-0.2, -0.15) is 5.26 Å². The zero-order chi connectivity index (χ0) is 10.2. The second-order valence-corrected chi connectivity index (χ2v) is 2.41. The molecular formula is C8H9N5O. The quantitative estimate of drug-likeness (QED) is 0.484. The highest BCUT2D eigenvalue weighted by atomic mass is 16.1. The van der Waals surface area contributed by atoms with Gasteiger partial charge in [0, 0.05) is 13.1 Å². The van der Waals surface area contributed by atoms with Crippen LogP contribution in [0.1, 0.15) is 5.69 Å². The fourth-order valence-corrected chi connectivity index (χ4v) is 0.808. The summed E-state index contributed by atoms with van der Waals surface area (Å²) in [5.41, 5.74) is 0.279. The number of anilines is 1. The Labute approximate surface area is 81.0 Å². The summed E-state index contributed by atoms with van der Waals surface area (Å²) >= 11 is 0. The topological polar surface area (TPSA) is 90.7 Å². The van der Waals surface area contributed by atoms with Crippen molar-refractivity contribution in [2.24, 2.45) is 0 Å². The molecule has 6 heteroatoms. The summed E-state index contributed by atoms with van der Waals surface area (Å²) in [4.78, 5) is 9.90. The normalized spacial score (nSPS) is 8.79. The summed E-state index contributed by atoms with van der Waals surface area (Å²) in [6, 6.07) is 5.10. The Balaban J connectivity index is 2.37. The molecule has 0 aliphatic carbocycles. The lowest BCUT2D eigenvalue weighted by Crippen LogP contribution is -2.20. The van der Waals surface area contributed by atoms with Gasteiger partial charge in [-0.05, 0) is 12.1 Å². The second-order valence-electron chi connectivity index (χ2n) is 2.41. The van der Waals surface area contributed by atoms with Crippen LogP contribution < -0.4 is 10.6 Å². The summed E-state index contributed by atoms with van der Waals surface area (Å²) in [7, 11) is 0. The summed E-state index contributed by atoms with van der Waals surface area (Å²) in [5.74, 6) is 0.580. The average Bonchev–Trinajstić information content (AvgIpc) is 2.25. The molecule has 0 fully saturated rings. The van der Waals surface area contributed by atoms with Crippen LogP contribution in [0.4, 0.5) is 5.82 Å². The highest BCUT2D eigenvalue weighted by molar-refractivity contribution is 5.46. The Morgan fingerprint density at radius 2 is 2.29 bits per heavy atom. The van der Waals surface area contributed by atoms with Crippen LogP contribution in [0.3, 0.4) is 0 Å². The summed E-state index contributed by atoms with van der Waals surface area (Å²) in [6.07, 6.45) is 0.631. The minimum atomic E-state index is 0.279. The zero-order valence-electron chi connectivity index (χ0n) is 7.40. The lowest BCUT2D eigenvalue weighted by molar-refractivity contribution is -0.109. The van der Waals surface area contributed by atoms with Crippen molar-refractivity contribution >= 4 is 12.2 Å². The van der Waals surface area contributed by atoms with Crippen LogP contribution in [0.5, 0.6) is 0 Å². The molecule has 1 amide bonds. The first-order chi connectivity index (χ1) is 6.86. The largest absolute Gasteiger partial charge is 0.367 e. The van der Waals surface area contributed by atoms with Crippen LogP contribution in [0.15, 0.2) is 12.1 Å². The van der Waals surface area contributed by atoms with E-state index in [1.165, 1.54) is 0 Å². The van der Waals surface area contributed by atoms with E-state index in [1.807, 2.05) is 6.07 Å². The first-order valence-electron chi connectivity index (χ1n) is 4.01. The van der Waals surface area contributed by atoms with Crippen molar-refractivity contribution in [3.63, 3.8) is 0 Å². The standard InChI is InChI=1S/C8H9N5O/c9-5-7-1-2-8(13-12-7)11-4-3-10-6-14/h1-2,6H,3-4H2,(H,10,14)(H,11,13). The van der Waals surface area contributed by atoms with E-state index in [0.29, 0.717) is 25.3 Å². The van der Waals surface area contributed by atoms with E-state index in [0.717, 1.165) is 0 Å². The van der Waals surface area contributed by atoms with Gasteiger partial charge in [-0.25, -0.2) is 0 Å². The van der Waals surface area contributed by atoms with Gasteiger partial charge in [0.05, 0.1) is 0 Å². The molecule has 0 aromatic carbocycles. The Kier molecular flexibility index (Phi) is 3.88. The predicted octanol–water partition coefficient (Wildman–Crippen LogP) is -0.494. The van der Waals surface area contributed by atoms with Crippen LogP contribution in [0.2, 0.25) is 0 Å². The number of hydrogen-bond donors (Lipinski definition) is 2. The first-order valence-corrected chi connectivity index (χ1v) is 4.01. The number of amides is 1. The summed E-state index contributed by atoms with van der Waals surface area (Å²) in [6.45, 7) is 1.09. The van der Waals surface area contributed by atoms with Crippen molar-refractivity contribution < 1.29 is 4.79 Å². The third-order valence-corrected chi connectivity index (χ3v) is 1.44. The maximum Gasteiger partial charge on any atom is 0.207 e. The zero-order valence-corrected chi connectivity index (χ0v) is 7.40. The van der Waals surface area contributed by atoms with Gasteiger partial charge in [-0.15, -0.1) is 10.2 Å². The van der Waals surface area contributed by atoms with E-state index in [-0.39, 0.29) is 5.69 Å². The minimum Gasteiger partial charge on any atom is -0.367 e. The molecule has 0 unspecified atom stereocenters. The first kappa shape index (κ1) is 9.92. The molecule has 0 saturated carbocycles. The molecule has 1 aromatic heterocycles. The number of aromatic nitrogens is 2. The van der Waals surface area contributed by atoms with Crippen molar-refractivity contribution in [3.05, 3.63) is 17.8 Å². The van der Waals surface area contributed by atoms with Gasteiger partial charge in [0.15, 0.2) is 5.69 Å². The molecule has 0 bridgehead atoms. The van der Waals surface area contributed by atoms with Crippen molar-refractivity contribution in [2.75, 3.05) is 18.4 Å². The Morgan fingerprint density at radius 1 is 1.43 bits per heavy atom. The average molecular weight is 191 g/mol. The number of nitrogens with one attached hydrogen (secondary N) is 2. The maximum absolute atomic E-state index is 9.90. The van der Waals surface area contributed by atoms with E-state index in [2.05, 4.69) is 20.8 Å². The van der Waals surface area contributed by atoms with E-state index in [1.54, 1.807) is 12.1 Å². The number of hydrogen-bond acceptors (Lipinski definition) is 5. The minimum absolute atomic E-state index is 0.279. The molecule has 6 nitrogen and oxygen atoms in total. The van der Waals surface area contributed by atoms with Crippen LogP contribution in [0, 0.1) is 11.3 Å². The molecule has 0 aliphatic heterocycles. The Bertz CT molecular complexity index is 329. The molecule has 0 radical (unpaired) electrons. The lowest BCUT2D eigenvalue weighted by Gasteiger charge is -2.02. The SMILES string of the molecule is N#Cc1ccc(NCCNC=O)nn1. The van der Waals surface area contributed by atoms with E-state index >= 15 is 0 Å². The fourth-order valence-electron chi connectivity index (χ4n) is 0.808. The van der Waals surface area contributed by atoms with Crippen molar-refractivity contribution in [1.82, 2.24) is 15.5 Å². The number of carbonyl (C=O) groups is 1. The Morgan fingerprint density at radius 3 is 2.86 bits per heavy atom. The predicted molar refractivity (Wildman–Crippen MR) is 49.3 cm³/mol. The van der Waals surface area contributed by atoms with E-state index < -0.39 is 0 Å². The van der Waals surface area contributed by atoms with Gasteiger partial charge in [0.1, 0.15) is 11.9 Å². The van der Waals surface area contributed by atoms with Gasteiger partial charge in [0.25, 0.3) is 0 Å². The fraction of sp³-hybridized carbons (Fsp3) is 0.250. The van der Waals surface area contributed by atoms with Gasteiger partial charge < -0.3 is 10.6 Å². The molecular weight excluding hydrogens is 182 g/mol.